The number of carbonyl (C=O) groups is 1. The second-order valence-corrected chi connectivity index (χ2v) is 4.72. The first-order valence-corrected chi connectivity index (χ1v) is 6.03. The molecule has 1 rings (SSSR count). The molecule has 0 aliphatic rings. The van der Waals surface area contributed by atoms with Gasteiger partial charge in [-0.2, -0.15) is 0 Å². The van der Waals surface area contributed by atoms with Gasteiger partial charge in [-0.05, 0) is 35.0 Å². The molecule has 0 bridgehead atoms. The molecule has 1 N–H and O–H groups in total. The highest BCUT2D eigenvalue weighted by Gasteiger charge is 2.11. The number of aldehydes is 1. The average Bonchev–Trinajstić information content (AvgIpc) is 2.18. The maximum Gasteiger partial charge on any atom is 0.175 e. The maximum atomic E-state index is 11.5. The van der Waals surface area contributed by atoms with E-state index in [0.29, 0.717) is 21.5 Å². The van der Waals surface area contributed by atoms with Gasteiger partial charge in [-0.1, -0.05) is 0 Å². The Morgan fingerprint density at radius 2 is 2.36 bits per heavy atom. The van der Waals surface area contributed by atoms with Crippen LogP contribution >= 0.6 is 15.9 Å². The van der Waals surface area contributed by atoms with E-state index >= 15 is 0 Å². The predicted molar refractivity (Wildman–Crippen MR) is 59.6 cm³/mol. The molecule has 1 aromatic carbocycles. The van der Waals surface area contributed by atoms with Crippen molar-refractivity contribution < 1.29 is 9.35 Å². The van der Waals surface area contributed by atoms with Crippen LogP contribution in [-0.4, -0.2) is 17.4 Å². The molecular formula is C9H10BrNO2S. The predicted octanol–water partition coefficient (Wildman–Crippen LogP) is 1.89. The average molecular weight is 276 g/mol. The fraction of sp³-hybridized carbons (Fsp3) is 0.222. The van der Waals surface area contributed by atoms with Gasteiger partial charge >= 0.3 is 0 Å². The monoisotopic (exact) mass is 275 g/mol. The summed E-state index contributed by atoms with van der Waals surface area (Å²) in [4.78, 5) is 11.2. The van der Waals surface area contributed by atoms with Crippen LogP contribution in [0, 0.1) is 0 Å². The third-order valence-corrected chi connectivity index (χ3v) is 3.51. The molecule has 0 radical (unpaired) electrons. The van der Waals surface area contributed by atoms with Crippen molar-refractivity contribution >= 4 is 33.6 Å². The van der Waals surface area contributed by atoms with Crippen molar-refractivity contribution in [2.45, 2.75) is 11.8 Å². The van der Waals surface area contributed by atoms with Gasteiger partial charge in [-0.15, -0.1) is 4.72 Å². The molecule has 0 heterocycles. The van der Waals surface area contributed by atoms with Crippen molar-refractivity contribution in [2.24, 2.45) is 0 Å². The van der Waals surface area contributed by atoms with E-state index < -0.39 is 11.4 Å². The number of halogens is 1. The Bertz CT molecular complexity index is 333. The van der Waals surface area contributed by atoms with E-state index in [0.717, 1.165) is 6.29 Å². The molecule has 0 aromatic heterocycles. The van der Waals surface area contributed by atoms with Gasteiger partial charge in [0, 0.05) is 22.6 Å². The van der Waals surface area contributed by atoms with E-state index in [2.05, 4.69) is 20.7 Å². The Balaban J connectivity index is 2.90. The van der Waals surface area contributed by atoms with Crippen LogP contribution in [0.2, 0.25) is 0 Å². The Morgan fingerprint density at radius 1 is 1.64 bits per heavy atom. The molecule has 5 heteroatoms. The van der Waals surface area contributed by atoms with Crippen molar-refractivity contribution in [3.63, 3.8) is 0 Å². The van der Waals surface area contributed by atoms with Crippen LogP contribution in [0.3, 0.4) is 0 Å². The van der Waals surface area contributed by atoms with Crippen LogP contribution < -0.4 is 4.72 Å². The quantitative estimate of drug-likeness (QED) is 0.675. The topological polar surface area (TPSA) is 52.2 Å². The minimum Gasteiger partial charge on any atom is -0.593 e. The molecule has 0 aliphatic heterocycles. The number of nitrogens with one attached hydrogen (secondary N) is 1. The highest BCUT2D eigenvalue weighted by molar-refractivity contribution is 9.10. The van der Waals surface area contributed by atoms with Crippen molar-refractivity contribution in [3.8, 4) is 0 Å². The Hall–Kier alpha value is -0.360. The summed E-state index contributed by atoms with van der Waals surface area (Å²) in [6.07, 6.45) is 0.754. The third-order valence-electron chi connectivity index (χ3n) is 1.59. The number of hydrogen-bond donors (Lipinski definition) is 1. The van der Waals surface area contributed by atoms with Crippen molar-refractivity contribution in [3.05, 3.63) is 28.2 Å². The number of carbonyl (C=O) groups excluding carboxylic acids is 1. The molecule has 0 aliphatic carbocycles. The highest BCUT2D eigenvalue weighted by atomic mass is 79.9. The van der Waals surface area contributed by atoms with Crippen LogP contribution in [0.1, 0.15) is 17.3 Å². The minimum atomic E-state index is -1.20. The molecule has 0 spiro atoms. The van der Waals surface area contributed by atoms with Crippen LogP contribution in [0.5, 0.6) is 0 Å². The molecule has 14 heavy (non-hydrogen) atoms. The number of benzene rings is 1. The highest BCUT2D eigenvalue weighted by Crippen LogP contribution is 2.19. The molecule has 0 saturated heterocycles. The fourth-order valence-corrected chi connectivity index (χ4v) is 2.40. The Kier molecular flexibility index (Phi) is 4.60. The van der Waals surface area contributed by atoms with Gasteiger partial charge in [0.05, 0.1) is 11.4 Å². The Morgan fingerprint density at radius 3 is 2.86 bits per heavy atom. The second kappa shape index (κ2) is 5.50. The minimum absolute atomic E-state index is 0.558. The van der Waals surface area contributed by atoms with Crippen molar-refractivity contribution in [1.29, 1.82) is 0 Å². The lowest BCUT2D eigenvalue weighted by atomic mass is 10.2. The zero-order chi connectivity index (χ0) is 10.6. The summed E-state index contributed by atoms with van der Waals surface area (Å²) in [6.45, 7) is 2.52. The molecule has 0 amide bonds. The van der Waals surface area contributed by atoms with E-state index in [1.807, 2.05) is 6.92 Å². The summed E-state index contributed by atoms with van der Waals surface area (Å²) in [6, 6.07) is 5.00. The van der Waals surface area contributed by atoms with E-state index in [4.69, 9.17) is 0 Å². The summed E-state index contributed by atoms with van der Waals surface area (Å²) in [5.74, 6) is 0. The molecule has 0 saturated carbocycles. The smallest absolute Gasteiger partial charge is 0.175 e. The van der Waals surface area contributed by atoms with Gasteiger partial charge in [0.1, 0.15) is 0 Å². The SMILES string of the molecule is CCN[S+]([O-])c1ccc(C=O)c(Br)c1. The standard InChI is InChI=1S/C9H10BrNO2S/c1-2-11-14(13)8-4-3-7(6-12)9(10)5-8/h3-6,11H,2H2,1H3. The number of hydrogen-bond acceptors (Lipinski definition) is 3. The largest absolute Gasteiger partial charge is 0.593 e. The van der Waals surface area contributed by atoms with E-state index in [-0.39, 0.29) is 0 Å². The lowest BCUT2D eigenvalue weighted by Gasteiger charge is -2.09. The van der Waals surface area contributed by atoms with Gasteiger partial charge < -0.3 is 4.55 Å². The van der Waals surface area contributed by atoms with Crippen LogP contribution in [0.25, 0.3) is 0 Å². The molecular weight excluding hydrogens is 266 g/mol. The normalized spacial score (nSPS) is 12.5. The first kappa shape index (κ1) is 11.7. The molecule has 1 atom stereocenters. The molecule has 3 nitrogen and oxygen atoms in total. The summed E-state index contributed by atoms with van der Waals surface area (Å²) in [5, 5.41) is 0. The van der Waals surface area contributed by atoms with E-state index in [9.17, 15) is 9.35 Å². The zero-order valence-corrected chi connectivity index (χ0v) is 10.0. The summed E-state index contributed by atoms with van der Waals surface area (Å²) in [7, 11) is 0. The summed E-state index contributed by atoms with van der Waals surface area (Å²) in [5.41, 5.74) is 0.558. The second-order valence-electron chi connectivity index (χ2n) is 2.57. The van der Waals surface area contributed by atoms with Gasteiger partial charge in [-0.3, -0.25) is 4.79 Å². The van der Waals surface area contributed by atoms with Crippen LogP contribution in [-0.2, 0) is 11.4 Å². The zero-order valence-electron chi connectivity index (χ0n) is 7.62. The first-order valence-electron chi connectivity index (χ1n) is 4.09. The van der Waals surface area contributed by atoms with Crippen LogP contribution in [0.4, 0.5) is 0 Å². The third kappa shape index (κ3) is 2.81. The van der Waals surface area contributed by atoms with Gasteiger partial charge in [0.15, 0.2) is 11.2 Å². The van der Waals surface area contributed by atoms with Gasteiger partial charge in [0.2, 0.25) is 0 Å². The maximum absolute atomic E-state index is 11.5. The van der Waals surface area contributed by atoms with E-state index in [1.54, 1.807) is 18.2 Å². The number of rotatable bonds is 4. The van der Waals surface area contributed by atoms with Gasteiger partial charge in [0.25, 0.3) is 0 Å². The lowest BCUT2D eigenvalue weighted by molar-refractivity contribution is 0.112. The molecule has 0 fully saturated rings. The summed E-state index contributed by atoms with van der Waals surface area (Å²) >= 11 is 2.03. The fourth-order valence-electron chi connectivity index (χ4n) is 0.933. The first-order chi connectivity index (χ1) is 6.69. The van der Waals surface area contributed by atoms with Crippen LogP contribution in [0.15, 0.2) is 27.6 Å². The van der Waals surface area contributed by atoms with E-state index in [1.165, 1.54) is 0 Å². The lowest BCUT2D eigenvalue weighted by Crippen LogP contribution is -2.23. The molecule has 1 unspecified atom stereocenters. The van der Waals surface area contributed by atoms with Crippen molar-refractivity contribution in [2.75, 3.05) is 6.54 Å². The molecule has 76 valence electrons. The molecule has 1 aromatic rings. The Labute approximate surface area is 94.3 Å². The van der Waals surface area contributed by atoms with Gasteiger partial charge in [-0.25, -0.2) is 0 Å². The summed E-state index contributed by atoms with van der Waals surface area (Å²) < 4.78 is 14.9. The van der Waals surface area contributed by atoms with Crippen molar-refractivity contribution in [1.82, 2.24) is 4.72 Å².